The van der Waals surface area contributed by atoms with Gasteiger partial charge in [0.25, 0.3) is 0 Å². The van der Waals surface area contributed by atoms with Gasteiger partial charge in [-0.05, 0) is 26.7 Å². The number of nitrogens with two attached hydrogens (primary N) is 1. The number of oxazole rings is 1. The zero-order valence-electron chi connectivity index (χ0n) is 12.6. The smallest absolute Gasteiger partial charge is 0.233 e. The third kappa shape index (κ3) is 3.43. The second-order valence-corrected chi connectivity index (χ2v) is 6.30. The van der Waals surface area contributed by atoms with Crippen molar-refractivity contribution in [2.24, 2.45) is 11.1 Å². The molecule has 1 aromatic rings. The van der Waals surface area contributed by atoms with Gasteiger partial charge in [-0.3, -0.25) is 4.79 Å². The molecule has 0 radical (unpaired) electrons. The molecule has 2 rings (SSSR count). The van der Waals surface area contributed by atoms with E-state index in [1.165, 1.54) is 0 Å². The number of aryl methyl sites for hydroxylation is 1. The fourth-order valence-electron chi connectivity index (χ4n) is 2.89. The van der Waals surface area contributed by atoms with Crippen LogP contribution in [0, 0.1) is 12.3 Å². The van der Waals surface area contributed by atoms with Crippen LogP contribution in [-0.4, -0.2) is 15.9 Å². The number of nitrogens with one attached hydrogen (secondary N) is 1. The van der Waals surface area contributed by atoms with Crippen LogP contribution in [0.15, 0.2) is 10.6 Å². The minimum absolute atomic E-state index is 0.0970. The largest absolute Gasteiger partial charge is 0.444 e. The lowest BCUT2D eigenvalue weighted by Crippen LogP contribution is -2.49. The Balaban J connectivity index is 2.13. The molecule has 1 aliphatic carbocycles. The van der Waals surface area contributed by atoms with Gasteiger partial charge in [0, 0.05) is 0 Å². The van der Waals surface area contributed by atoms with Crippen molar-refractivity contribution < 1.29 is 9.21 Å². The van der Waals surface area contributed by atoms with Crippen LogP contribution in [0.25, 0.3) is 0 Å². The molecule has 0 spiro atoms. The molecule has 1 aliphatic rings. The summed E-state index contributed by atoms with van der Waals surface area (Å²) in [5.74, 6) is 1.14. The standard InChI is InChI=1S/C15H23N3O2S/c1-10-9-17-12(20-10)11(2)18-14(19)15(13(16)21)7-5-3-4-6-8-15/h9,11H,3-8H2,1-2H3,(H2,16,21)(H,18,19). The van der Waals surface area contributed by atoms with Crippen molar-refractivity contribution in [3.63, 3.8) is 0 Å². The van der Waals surface area contributed by atoms with Gasteiger partial charge in [0.15, 0.2) is 0 Å². The summed E-state index contributed by atoms with van der Waals surface area (Å²) in [6.07, 6.45) is 7.33. The maximum Gasteiger partial charge on any atom is 0.233 e. The predicted molar refractivity (Wildman–Crippen MR) is 84.7 cm³/mol. The second kappa shape index (κ2) is 6.56. The lowest BCUT2D eigenvalue weighted by molar-refractivity contribution is -0.128. The summed E-state index contributed by atoms with van der Waals surface area (Å²) >= 11 is 5.22. The van der Waals surface area contributed by atoms with Crippen molar-refractivity contribution in [1.82, 2.24) is 10.3 Å². The number of aromatic nitrogens is 1. The van der Waals surface area contributed by atoms with Crippen LogP contribution in [0.5, 0.6) is 0 Å². The van der Waals surface area contributed by atoms with E-state index in [0.717, 1.165) is 44.3 Å². The van der Waals surface area contributed by atoms with Gasteiger partial charge in [-0.25, -0.2) is 4.98 Å². The van der Waals surface area contributed by atoms with E-state index in [1.54, 1.807) is 6.20 Å². The van der Waals surface area contributed by atoms with Crippen molar-refractivity contribution in [3.05, 3.63) is 17.8 Å². The van der Waals surface area contributed by atoms with E-state index in [2.05, 4.69) is 10.3 Å². The van der Waals surface area contributed by atoms with E-state index >= 15 is 0 Å². The monoisotopic (exact) mass is 309 g/mol. The van der Waals surface area contributed by atoms with Gasteiger partial charge in [0.1, 0.15) is 11.8 Å². The van der Waals surface area contributed by atoms with Crippen molar-refractivity contribution in [2.45, 2.75) is 58.4 Å². The summed E-state index contributed by atoms with van der Waals surface area (Å²) in [4.78, 5) is 17.2. The molecule has 5 nitrogen and oxygen atoms in total. The quantitative estimate of drug-likeness (QED) is 0.660. The Morgan fingerprint density at radius 1 is 1.43 bits per heavy atom. The van der Waals surface area contributed by atoms with Gasteiger partial charge < -0.3 is 15.5 Å². The van der Waals surface area contributed by atoms with E-state index in [4.69, 9.17) is 22.4 Å². The van der Waals surface area contributed by atoms with Crippen LogP contribution in [0.1, 0.15) is 63.1 Å². The first-order valence-electron chi connectivity index (χ1n) is 7.49. The summed E-state index contributed by atoms with van der Waals surface area (Å²) in [6, 6.07) is -0.291. The van der Waals surface area contributed by atoms with Crippen molar-refractivity contribution in [3.8, 4) is 0 Å². The molecule has 6 heteroatoms. The van der Waals surface area contributed by atoms with Gasteiger partial charge in [-0.2, -0.15) is 0 Å². The van der Waals surface area contributed by atoms with Crippen LogP contribution < -0.4 is 11.1 Å². The van der Waals surface area contributed by atoms with Gasteiger partial charge in [0.2, 0.25) is 11.8 Å². The topological polar surface area (TPSA) is 81.2 Å². The van der Waals surface area contributed by atoms with Gasteiger partial charge in [0.05, 0.1) is 16.6 Å². The highest BCUT2D eigenvalue weighted by atomic mass is 32.1. The number of carbonyl (C=O) groups excluding carboxylic acids is 1. The van der Waals surface area contributed by atoms with E-state index in [9.17, 15) is 4.79 Å². The molecule has 1 unspecified atom stereocenters. The van der Waals surface area contributed by atoms with Gasteiger partial charge >= 0.3 is 0 Å². The van der Waals surface area contributed by atoms with Gasteiger partial charge in [-0.1, -0.05) is 37.9 Å². The van der Waals surface area contributed by atoms with E-state index < -0.39 is 5.41 Å². The Kier molecular flexibility index (Phi) is 4.98. The molecular weight excluding hydrogens is 286 g/mol. The van der Waals surface area contributed by atoms with Crippen molar-refractivity contribution in [2.75, 3.05) is 0 Å². The van der Waals surface area contributed by atoms with E-state index in [1.807, 2.05) is 13.8 Å². The molecule has 0 aliphatic heterocycles. The maximum absolute atomic E-state index is 12.8. The number of nitrogens with zero attached hydrogens (tertiary/aromatic N) is 1. The first kappa shape index (κ1) is 15.9. The predicted octanol–water partition coefficient (Wildman–Crippen LogP) is 2.79. The van der Waals surface area contributed by atoms with Crippen molar-refractivity contribution in [1.29, 1.82) is 0 Å². The Bertz CT molecular complexity index is 519. The molecule has 3 N–H and O–H groups in total. The zero-order chi connectivity index (χ0) is 15.5. The highest BCUT2D eigenvalue weighted by Crippen LogP contribution is 2.36. The third-order valence-corrected chi connectivity index (χ3v) is 4.61. The van der Waals surface area contributed by atoms with Crippen LogP contribution in [-0.2, 0) is 4.79 Å². The number of hydrogen-bond donors (Lipinski definition) is 2. The summed E-state index contributed by atoms with van der Waals surface area (Å²) in [7, 11) is 0. The van der Waals surface area contributed by atoms with Crippen LogP contribution >= 0.6 is 12.2 Å². The summed E-state index contributed by atoms with van der Waals surface area (Å²) in [6.45, 7) is 3.68. The number of rotatable bonds is 4. The van der Waals surface area contributed by atoms with Crippen LogP contribution in [0.2, 0.25) is 0 Å². The van der Waals surface area contributed by atoms with Crippen LogP contribution in [0.4, 0.5) is 0 Å². The zero-order valence-corrected chi connectivity index (χ0v) is 13.5. The molecule has 1 saturated carbocycles. The van der Waals surface area contributed by atoms with Crippen molar-refractivity contribution >= 4 is 23.1 Å². The summed E-state index contributed by atoms with van der Waals surface area (Å²) < 4.78 is 5.46. The Labute approximate surface area is 130 Å². The molecule has 1 amide bonds. The lowest BCUT2D eigenvalue weighted by atomic mass is 9.79. The molecule has 0 saturated heterocycles. The summed E-state index contributed by atoms with van der Waals surface area (Å²) in [5.41, 5.74) is 5.20. The fraction of sp³-hybridized carbons (Fsp3) is 0.667. The first-order chi connectivity index (χ1) is 9.95. The minimum Gasteiger partial charge on any atom is -0.444 e. The highest BCUT2D eigenvalue weighted by Gasteiger charge is 2.42. The second-order valence-electron chi connectivity index (χ2n) is 5.86. The molecule has 0 bridgehead atoms. The third-order valence-electron chi connectivity index (χ3n) is 4.22. The Hall–Kier alpha value is -1.43. The average Bonchev–Trinajstić information content (AvgIpc) is 2.73. The average molecular weight is 309 g/mol. The SMILES string of the molecule is Cc1cnc(C(C)NC(=O)C2(C(N)=S)CCCCCC2)o1. The molecule has 1 atom stereocenters. The first-order valence-corrected chi connectivity index (χ1v) is 7.90. The number of carbonyl (C=O) groups is 1. The highest BCUT2D eigenvalue weighted by molar-refractivity contribution is 7.80. The normalized spacial score (nSPS) is 19.5. The number of hydrogen-bond acceptors (Lipinski definition) is 4. The molecule has 116 valence electrons. The minimum atomic E-state index is -0.721. The molecule has 1 heterocycles. The summed E-state index contributed by atoms with van der Waals surface area (Å²) in [5, 5.41) is 2.97. The lowest BCUT2D eigenvalue weighted by Gasteiger charge is -2.31. The molecule has 21 heavy (non-hydrogen) atoms. The molecule has 0 aromatic carbocycles. The Morgan fingerprint density at radius 2 is 2.05 bits per heavy atom. The van der Waals surface area contributed by atoms with E-state index in [-0.39, 0.29) is 11.9 Å². The molecule has 1 fully saturated rings. The molecule has 1 aromatic heterocycles. The number of thiocarbonyl (C=S) groups is 1. The fourth-order valence-corrected chi connectivity index (χ4v) is 3.18. The maximum atomic E-state index is 12.8. The van der Waals surface area contributed by atoms with E-state index in [0.29, 0.717) is 10.9 Å². The Morgan fingerprint density at radius 3 is 2.52 bits per heavy atom. The van der Waals surface area contributed by atoms with Gasteiger partial charge in [-0.15, -0.1) is 0 Å². The molecular formula is C15H23N3O2S. The number of amides is 1. The van der Waals surface area contributed by atoms with Crippen LogP contribution in [0.3, 0.4) is 0 Å².